The van der Waals surface area contributed by atoms with Crippen LogP contribution in [0.3, 0.4) is 0 Å². The van der Waals surface area contributed by atoms with Crippen molar-refractivity contribution in [3.8, 4) is 0 Å². The predicted octanol–water partition coefficient (Wildman–Crippen LogP) is 5.09. The van der Waals surface area contributed by atoms with Crippen molar-refractivity contribution in [1.82, 2.24) is 15.2 Å². The van der Waals surface area contributed by atoms with Gasteiger partial charge in [-0.2, -0.15) is 0 Å². The van der Waals surface area contributed by atoms with E-state index in [4.69, 9.17) is 11.6 Å². The molecule has 6 nitrogen and oxygen atoms in total. The second kappa shape index (κ2) is 10.8. The maximum atomic E-state index is 12.8. The van der Waals surface area contributed by atoms with Gasteiger partial charge in [-0.15, -0.1) is 0 Å². The van der Waals surface area contributed by atoms with E-state index in [2.05, 4.69) is 32.7 Å². The largest absolute Gasteiger partial charge is 0.352 e. The van der Waals surface area contributed by atoms with Crippen LogP contribution in [0.1, 0.15) is 57.5 Å². The van der Waals surface area contributed by atoms with Gasteiger partial charge in [0.25, 0.3) is 11.8 Å². The van der Waals surface area contributed by atoms with Gasteiger partial charge in [-0.1, -0.05) is 41.9 Å². The van der Waals surface area contributed by atoms with Crippen molar-refractivity contribution in [1.29, 1.82) is 0 Å². The third-order valence-corrected chi connectivity index (χ3v) is 7.47. The lowest BCUT2D eigenvalue weighted by Gasteiger charge is -2.23. The van der Waals surface area contributed by atoms with Crippen LogP contribution in [-0.4, -0.2) is 47.9 Å². The number of carbonyl (C=O) groups excluding carboxylic acids is 2. The molecule has 0 spiro atoms. The molecule has 2 heterocycles. The predicted molar refractivity (Wildman–Crippen MR) is 143 cm³/mol. The molecule has 2 fully saturated rings. The first-order valence-corrected chi connectivity index (χ1v) is 13.0. The Morgan fingerprint density at radius 3 is 2.39 bits per heavy atom. The van der Waals surface area contributed by atoms with Gasteiger partial charge in [0.2, 0.25) is 0 Å². The van der Waals surface area contributed by atoms with Crippen molar-refractivity contribution >= 4 is 29.2 Å². The maximum absolute atomic E-state index is 12.8. The molecule has 186 valence electrons. The number of halogens is 1. The Balaban J connectivity index is 1.15. The second-order valence-electron chi connectivity index (χ2n) is 9.82. The van der Waals surface area contributed by atoms with Crippen molar-refractivity contribution in [3.05, 3.63) is 94.1 Å². The Morgan fingerprint density at radius 2 is 1.69 bits per heavy atom. The molecule has 2 amide bonds. The highest BCUT2D eigenvalue weighted by Crippen LogP contribution is 2.49. The van der Waals surface area contributed by atoms with Crippen LogP contribution >= 0.6 is 11.6 Å². The van der Waals surface area contributed by atoms with E-state index >= 15 is 0 Å². The number of carbonyl (C=O) groups is 2. The first-order chi connectivity index (χ1) is 17.5. The van der Waals surface area contributed by atoms with Crippen LogP contribution in [0.4, 0.5) is 5.82 Å². The number of hydrogen-bond acceptors (Lipinski definition) is 4. The summed E-state index contributed by atoms with van der Waals surface area (Å²) in [6.45, 7) is 4.00. The normalized spacial score (nSPS) is 16.5. The summed E-state index contributed by atoms with van der Waals surface area (Å²) in [6.07, 6.45) is 7.11. The molecule has 0 radical (unpaired) electrons. The molecule has 7 heteroatoms. The molecular formula is C29H31ClN4O2. The summed E-state index contributed by atoms with van der Waals surface area (Å²) in [4.78, 5) is 32.3. The van der Waals surface area contributed by atoms with Crippen molar-refractivity contribution in [2.45, 2.75) is 37.5 Å². The highest BCUT2D eigenvalue weighted by Gasteiger charge is 2.45. The molecule has 5 rings (SSSR count). The monoisotopic (exact) mass is 502 g/mol. The summed E-state index contributed by atoms with van der Waals surface area (Å²) in [5, 5.41) is 6.30. The number of hydrogen-bond donors (Lipinski definition) is 2. The van der Waals surface area contributed by atoms with Gasteiger partial charge in [0.05, 0.1) is 5.02 Å². The zero-order valence-electron chi connectivity index (χ0n) is 20.3. The van der Waals surface area contributed by atoms with E-state index in [1.165, 1.54) is 50.5 Å². The number of nitrogens with one attached hydrogen (secondary N) is 2. The SMILES string of the molecule is O=C(NCCc1ccccc1C(=O)Nc1ccc(Cl)cn1)c1ccc(C2(CN3CCCC3)CC2)cc1. The molecule has 1 aliphatic carbocycles. The topological polar surface area (TPSA) is 74.3 Å². The van der Waals surface area contributed by atoms with Gasteiger partial charge in [-0.05, 0) is 86.7 Å². The Kier molecular flexibility index (Phi) is 7.35. The lowest BCUT2D eigenvalue weighted by molar-refractivity contribution is 0.0953. The first kappa shape index (κ1) is 24.5. The summed E-state index contributed by atoms with van der Waals surface area (Å²) in [5.41, 5.74) is 3.71. The van der Waals surface area contributed by atoms with Gasteiger partial charge < -0.3 is 15.5 Å². The number of pyridine rings is 1. The van der Waals surface area contributed by atoms with E-state index in [9.17, 15) is 9.59 Å². The number of nitrogens with zero attached hydrogens (tertiary/aromatic N) is 2. The van der Waals surface area contributed by atoms with Gasteiger partial charge >= 0.3 is 0 Å². The average Bonchev–Trinajstić information content (AvgIpc) is 3.50. The molecule has 0 unspecified atom stereocenters. The average molecular weight is 503 g/mol. The number of amides is 2. The lowest BCUT2D eigenvalue weighted by Crippen LogP contribution is -2.30. The Morgan fingerprint density at radius 1 is 0.944 bits per heavy atom. The summed E-state index contributed by atoms with van der Waals surface area (Å²) in [7, 11) is 0. The van der Waals surface area contributed by atoms with Crippen LogP contribution in [-0.2, 0) is 11.8 Å². The minimum Gasteiger partial charge on any atom is -0.352 e. The Labute approximate surface area is 217 Å². The molecule has 0 atom stereocenters. The van der Waals surface area contributed by atoms with Crippen LogP contribution in [0.15, 0.2) is 66.9 Å². The lowest BCUT2D eigenvalue weighted by atomic mass is 9.94. The summed E-state index contributed by atoms with van der Waals surface area (Å²) >= 11 is 5.87. The van der Waals surface area contributed by atoms with Crippen LogP contribution in [0.2, 0.25) is 5.02 Å². The third kappa shape index (κ3) is 5.77. The van der Waals surface area contributed by atoms with E-state index in [1.807, 2.05) is 30.3 Å². The van der Waals surface area contributed by atoms with E-state index in [0.29, 0.717) is 34.9 Å². The number of rotatable bonds is 9. The number of anilines is 1. The highest BCUT2D eigenvalue weighted by atomic mass is 35.5. The molecule has 2 aliphatic rings. The molecule has 3 aromatic rings. The van der Waals surface area contributed by atoms with E-state index in [1.54, 1.807) is 18.2 Å². The van der Waals surface area contributed by atoms with Crippen molar-refractivity contribution in [3.63, 3.8) is 0 Å². The standard InChI is InChI=1S/C29H31ClN4O2/c30-24-11-12-26(32-19-24)33-28(36)25-6-2-1-5-21(25)13-16-31-27(35)22-7-9-23(10-8-22)29(14-15-29)20-34-17-3-4-18-34/h1-2,5-12,19H,3-4,13-18,20H2,(H,31,35)(H,32,33,36). The van der Waals surface area contributed by atoms with Crippen molar-refractivity contribution in [2.24, 2.45) is 0 Å². The van der Waals surface area contributed by atoms with Crippen LogP contribution in [0.25, 0.3) is 0 Å². The van der Waals surface area contributed by atoms with Crippen LogP contribution < -0.4 is 10.6 Å². The molecule has 1 saturated heterocycles. The van der Waals surface area contributed by atoms with Gasteiger partial charge in [-0.3, -0.25) is 9.59 Å². The first-order valence-electron chi connectivity index (χ1n) is 12.6. The zero-order chi connectivity index (χ0) is 25.0. The van der Waals surface area contributed by atoms with Gasteiger partial charge in [-0.25, -0.2) is 4.98 Å². The molecular weight excluding hydrogens is 472 g/mol. The minimum absolute atomic E-state index is 0.0989. The molecule has 36 heavy (non-hydrogen) atoms. The minimum atomic E-state index is -0.245. The molecule has 2 aromatic carbocycles. The van der Waals surface area contributed by atoms with Gasteiger partial charge in [0.15, 0.2) is 0 Å². The summed E-state index contributed by atoms with van der Waals surface area (Å²) in [6, 6.07) is 18.9. The second-order valence-corrected chi connectivity index (χ2v) is 10.3. The zero-order valence-corrected chi connectivity index (χ0v) is 21.1. The van der Waals surface area contributed by atoms with E-state index in [0.717, 1.165) is 12.1 Å². The Hall–Kier alpha value is -3.22. The fourth-order valence-electron chi connectivity index (χ4n) is 5.04. The number of benzene rings is 2. The van der Waals surface area contributed by atoms with Gasteiger partial charge in [0.1, 0.15) is 5.82 Å². The fraction of sp³-hybridized carbons (Fsp3) is 0.345. The summed E-state index contributed by atoms with van der Waals surface area (Å²) in [5.74, 6) is 0.0906. The van der Waals surface area contributed by atoms with Crippen LogP contribution in [0, 0.1) is 0 Å². The highest BCUT2D eigenvalue weighted by molar-refractivity contribution is 6.30. The molecule has 1 aliphatic heterocycles. The van der Waals surface area contributed by atoms with E-state index in [-0.39, 0.29) is 17.2 Å². The molecule has 1 saturated carbocycles. The summed E-state index contributed by atoms with van der Waals surface area (Å²) < 4.78 is 0. The van der Waals surface area contributed by atoms with Crippen molar-refractivity contribution in [2.75, 3.05) is 31.5 Å². The van der Waals surface area contributed by atoms with Gasteiger partial charge in [0, 0.05) is 35.8 Å². The quantitative estimate of drug-likeness (QED) is 0.427. The molecule has 2 N–H and O–H groups in total. The molecule has 1 aromatic heterocycles. The van der Waals surface area contributed by atoms with E-state index < -0.39 is 0 Å². The Bertz CT molecular complexity index is 1220. The van der Waals surface area contributed by atoms with Crippen molar-refractivity contribution < 1.29 is 9.59 Å². The fourth-order valence-corrected chi connectivity index (χ4v) is 5.15. The maximum Gasteiger partial charge on any atom is 0.257 e. The smallest absolute Gasteiger partial charge is 0.257 e. The number of aromatic nitrogens is 1. The molecule has 0 bridgehead atoms. The number of likely N-dealkylation sites (tertiary alicyclic amines) is 1. The van der Waals surface area contributed by atoms with Crippen LogP contribution in [0.5, 0.6) is 0 Å². The third-order valence-electron chi connectivity index (χ3n) is 7.25.